The van der Waals surface area contributed by atoms with E-state index in [4.69, 9.17) is 9.52 Å². The van der Waals surface area contributed by atoms with Crippen molar-refractivity contribution in [3.8, 4) is 11.5 Å². The minimum atomic E-state index is -0.567. The van der Waals surface area contributed by atoms with Gasteiger partial charge in [-0.2, -0.15) is 0 Å². The molecule has 2 aromatic heterocycles. The summed E-state index contributed by atoms with van der Waals surface area (Å²) in [6.07, 6.45) is 1.30. The zero-order valence-electron chi connectivity index (χ0n) is 8.42. The van der Waals surface area contributed by atoms with E-state index < -0.39 is 5.82 Å². The summed E-state index contributed by atoms with van der Waals surface area (Å²) in [5.41, 5.74) is 1.12. The molecule has 0 spiro atoms. The minimum absolute atomic E-state index is 0.0580. The first-order chi connectivity index (χ1) is 8.28. The fourth-order valence-corrected chi connectivity index (χ4v) is 1.49. The highest BCUT2D eigenvalue weighted by Crippen LogP contribution is 2.24. The van der Waals surface area contributed by atoms with Gasteiger partial charge >= 0.3 is 0 Å². The summed E-state index contributed by atoms with van der Waals surface area (Å²) in [6.45, 7) is -0.236. The first-order valence-corrected chi connectivity index (χ1v) is 4.75. The van der Waals surface area contributed by atoms with Gasteiger partial charge in [0.15, 0.2) is 11.3 Å². The van der Waals surface area contributed by atoms with Crippen molar-refractivity contribution in [2.45, 2.75) is 6.61 Å². The van der Waals surface area contributed by atoms with E-state index in [1.807, 2.05) is 0 Å². The number of aliphatic hydroxyl groups is 1. The van der Waals surface area contributed by atoms with Crippen LogP contribution in [0.4, 0.5) is 4.39 Å². The van der Waals surface area contributed by atoms with Crippen molar-refractivity contribution in [3.05, 3.63) is 29.9 Å². The van der Waals surface area contributed by atoms with E-state index in [1.54, 1.807) is 6.07 Å². The Morgan fingerprint density at radius 1 is 1.29 bits per heavy atom. The smallest absolute Gasteiger partial charge is 0.226 e. The van der Waals surface area contributed by atoms with Gasteiger partial charge in [-0.3, -0.25) is 0 Å². The highest BCUT2D eigenvalue weighted by Gasteiger charge is 2.13. The summed E-state index contributed by atoms with van der Waals surface area (Å²) in [4.78, 5) is 3.97. The molecule has 17 heavy (non-hydrogen) atoms. The second kappa shape index (κ2) is 3.63. The molecule has 7 heteroatoms. The van der Waals surface area contributed by atoms with Crippen LogP contribution in [0.3, 0.4) is 0 Å². The molecule has 0 aliphatic heterocycles. The second-order valence-corrected chi connectivity index (χ2v) is 3.39. The van der Waals surface area contributed by atoms with E-state index in [0.29, 0.717) is 11.3 Å². The SMILES string of the molecule is OCc1coc(-c2cc(F)c3nonc3c2)n1. The van der Waals surface area contributed by atoms with Gasteiger partial charge in [0.05, 0.1) is 6.61 Å². The number of rotatable bonds is 2. The molecule has 0 aliphatic rings. The van der Waals surface area contributed by atoms with E-state index in [2.05, 4.69) is 19.9 Å². The molecule has 1 N–H and O–H groups in total. The normalized spacial score (nSPS) is 11.2. The van der Waals surface area contributed by atoms with Crippen LogP contribution in [0.2, 0.25) is 0 Å². The summed E-state index contributed by atoms with van der Waals surface area (Å²) < 4.78 is 23.1. The third-order valence-corrected chi connectivity index (χ3v) is 2.28. The second-order valence-electron chi connectivity index (χ2n) is 3.39. The molecule has 3 rings (SSSR count). The number of benzene rings is 1. The van der Waals surface area contributed by atoms with Crippen molar-refractivity contribution in [2.24, 2.45) is 0 Å². The Labute approximate surface area is 93.6 Å². The maximum Gasteiger partial charge on any atom is 0.226 e. The molecule has 6 nitrogen and oxygen atoms in total. The highest BCUT2D eigenvalue weighted by atomic mass is 19.1. The van der Waals surface area contributed by atoms with Crippen LogP contribution in [0.15, 0.2) is 27.4 Å². The zero-order chi connectivity index (χ0) is 11.8. The largest absolute Gasteiger partial charge is 0.444 e. The molecule has 0 bridgehead atoms. The van der Waals surface area contributed by atoms with E-state index in [9.17, 15) is 4.39 Å². The maximum absolute atomic E-state index is 13.6. The Balaban J connectivity index is 2.16. The third kappa shape index (κ3) is 1.56. The number of fused-ring (bicyclic) bond motifs is 1. The predicted octanol–water partition coefficient (Wildman–Crippen LogP) is 1.51. The topological polar surface area (TPSA) is 85.2 Å². The van der Waals surface area contributed by atoms with Crippen LogP contribution in [-0.2, 0) is 6.61 Å². The lowest BCUT2D eigenvalue weighted by Gasteiger charge is -1.95. The number of oxazole rings is 1. The molecule has 0 fully saturated rings. The summed E-state index contributed by atoms with van der Waals surface area (Å²) in [7, 11) is 0. The summed E-state index contributed by atoms with van der Waals surface area (Å²) >= 11 is 0. The Bertz CT molecular complexity index is 676. The van der Waals surface area contributed by atoms with Crippen molar-refractivity contribution < 1.29 is 18.5 Å². The highest BCUT2D eigenvalue weighted by molar-refractivity contribution is 5.79. The first kappa shape index (κ1) is 9.91. The molecule has 0 atom stereocenters. The standard InChI is InChI=1S/C10H6FN3O3/c11-7-1-5(2-8-9(7)14-17-13-8)10-12-6(3-15)4-16-10/h1-2,4,15H,3H2. The van der Waals surface area contributed by atoms with E-state index in [-0.39, 0.29) is 23.5 Å². The molecule has 0 amide bonds. The van der Waals surface area contributed by atoms with Crippen LogP contribution in [0, 0.1) is 5.82 Å². The van der Waals surface area contributed by atoms with Gasteiger partial charge in [0.25, 0.3) is 0 Å². The van der Waals surface area contributed by atoms with E-state index >= 15 is 0 Å². The van der Waals surface area contributed by atoms with Gasteiger partial charge in [-0.25, -0.2) is 14.0 Å². The van der Waals surface area contributed by atoms with Crippen molar-refractivity contribution in [1.82, 2.24) is 15.3 Å². The van der Waals surface area contributed by atoms with Gasteiger partial charge < -0.3 is 9.52 Å². The fourth-order valence-electron chi connectivity index (χ4n) is 1.49. The minimum Gasteiger partial charge on any atom is -0.444 e. The molecule has 86 valence electrons. The van der Waals surface area contributed by atoms with Crippen molar-refractivity contribution in [2.75, 3.05) is 0 Å². The van der Waals surface area contributed by atoms with Crippen molar-refractivity contribution >= 4 is 11.0 Å². The number of aliphatic hydroxyl groups excluding tert-OH is 1. The van der Waals surface area contributed by atoms with Gasteiger partial charge in [-0.05, 0) is 22.4 Å². The third-order valence-electron chi connectivity index (χ3n) is 2.28. The van der Waals surface area contributed by atoms with Crippen LogP contribution in [0.25, 0.3) is 22.5 Å². The number of hydrogen-bond donors (Lipinski definition) is 1. The molecule has 3 aromatic rings. The molecule has 1 aromatic carbocycles. The quantitative estimate of drug-likeness (QED) is 0.724. The average molecular weight is 235 g/mol. The van der Waals surface area contributed by atoms with Crippen LogP contribution < -0.4 is 0 Å². The van der Waals surface area contributed by atoms with Crippen molar-refractivity contribution in [3.63, 3.8) is 0 Å². The summed E-state index contributed by atoms with van der Waals surface area (Å²) in [6, 6.07) is 2.77. The molecule has 0 saturated carbocycles. The molecule has 0 saturated heterocycles. The molecular weight excluding hydrogens is 229 g/mol. The lowest BCUT2D eigenvalue weighted by molar-refractivity contribution is 0.276. The lowest BCUT2D eigenvalue weighted by atomic mass is 10.2. The maximum atomic E-state index is 13.6. The number of aromatic nitrogens is 3. The number of halogens is 1. The molecule has 0 unspecified atom stereocenters. The molecular formula is C10H6FN3O3. The fraction of sp³-hybridized carbons (Fsp3) is 0.100. The Kier molecular flexibility index (Phi) is 2.12. The predicted molar refractivity (Wildman–Crippen MR) is 53.2 cm³/mol. The summed E-state index contributed by atoms with van der Waals surface area (Å²) in [5, 5.41) is 15.8. The van der Waals surface area contributed by atoms with E-state index in [1.165, 1.54) is 12.3 Å². The van der Waals surface area contributed by atoms with Gasteiger partial charge in [0.1, 0.15) is 17.5 Å². The van der Waals surface area contributed by atoms with Crippen molar-refractivity contribution in [1.29, 1.82) is 0 Å². The number of hydrogen-bond acceptors (Lipinski definition) is 6. The average Bonchev–Trinajstić information content (AvgIpc) is 2.97. The Morgan fingerprint density at radius 2 is 2.18 bits per heavy atom. The molecule has 0 aliphatic carbocycles. The van der Waals surface area contributed by atoms with Gasteiger partial charge in [-0.15, -0.1) is 0 Å². The summed E-state index contributed by atoms with van der Waals surface area (Å²) in [5.74, 6) is -0.361. The van der Waals surface area contributed by atoms with Crippen LogP contribution in [0.5, 0.6) is 0 Å². The lowest BCUT2D eigenvalue weighted by Crippen LogP contribution is -1.85. The Morgan fingerprint density at radius 3 is 2.94 bits per heavy atom. The monoisotopic (exact) mass is 235 g/mol. The Hall–Kier alpha value is -2.28. The molecule has 2 heterocycles. The van der Waals surface area contributed by atoms with Gasteiger partial charge in [-0.1, -0.05) is 0 Å². The van der Waals surface area contributed by atoms with Gasteiger partial charge in [0, 0.05) is 5.56 Å². The van der Waals surface area contributed by atoms with Gasteiger partial charge in [0.2, 0.25) is 5.89 Å². The first-order valence-electron chi connectivity index (χ1n) is 4.75. The van der Waals surface area contributed by atoms with Crippen LogP contribution in [0.1, 0.15) is 5.69 Å². The van der Waals surface area contributed by atoms with Crippen LogP contribution >= 0.6 is 0 Å². The number of nitrogens with zero attached hydrogens (tertiary/aromatic N) is 3. The van der Waals surface area contributed by atoms with E-state index in [0.717, 1.165) is 0 Å². The zero-order valence-corrected chi connectivity index (χ0v) is 8.42. The molecule has 0 radical (unpaired) electrons. The van der Waals surface area contributed by atoms with Crippen LogP contribution in [-0.4, -0.2) is 20.4 Å².